The van der Waals surface area contributed by atoms with Crippen molar-refractivity contribution >= 4 is 23.1 Å². The predicted molar refractivity (Wildman–Crippen MR) is 102 cm³/mol. The molecule has 27 heavy (non-hydrogen) atoms. The van der Waals surface area contributed by atoms with Crippen LogP contribution in [-0.4, -0.2) is 29.1 Å². The molecule has 0 fully saturated rings. The Hall–Kier alpha value is -2.92. The Morgan fingerprint density at radius 1 is 1.15 bits per heavy atom. The zero-order valence-corrected chi connectivity index (χ0v) is 15.1. The van der Waals surface area contributed by atoms with Crippen LogP contribution in [0.25, 0.3) is 16.9 Å². The quantitative estimate of drug-likeness (QED) is 0.635. The number of carbonyl (C=O) groups excluding carboxylic acids is 1. The van der Waals surface area contributed by atoms with Gasteiger partial charge in [-0.3, -0.25) is 4.79 Å². The van der Waals surface area contributed by atoms with E-state index in [0.717, 1.165) is 11.1 Å². The second-order valence-electron chi connectivity index (χ2n) is 6.30. The van der Waals surface area contributed by atoms with E-state index in [0.29, 0.717) is 35.9 Å². The number of amides is 1. The van der Waals surface area contributed by atoms with Crippen molar-refractivity contribution in [3.8, 4) is 11.3 Å². The van der Waals surface area contributed by atoms with Crippen LogP contribution in [0.3, 0.4) is 0 Å². The van der Waals surface area contributed by atoms with E-state index in [-0.39, 0.29) is 17.4 Å². The topological polar surface area (TPSA) is 46.3 Å². The van der Waals surface area contributed by atoms with Gasteiger partial charge in [-0.25, -0.2) is 4.39 Å². The molecule has 1 amide bonds. The maximum atomic E-state index is 13.5. The van der Waals surface area contributed by atoms with Crippen molar-refractivity contribution in [2.24, 2.45) is 0 Å². The van der Waals surface area contributed by atoms with Gasteiger partial charge in [-0.05, 0) is 35.8 Å². The Morgan fingerprint density at radius 3 is 2.70 bits per heavy atom. The van der Waals surface area contributed by atoms with Crippen molar-refractivity contribution in [2.45, 2.75) is 6.42 Å². The largest absolute Gasteiger partial charge is 0.355 e. The summed E-state index contributed by atoms with van der Waals surface area (Å²) in [6, 6.07) is 15.5. The molecule has 0 spiro atoms. The Labute approximate surface area is 160 Å². The van der Waals surface area contributed by atoms with Gasteiger partial charge in [0.15, 0.2) is 11.5 Å². The fourth-order valence-electron chi connectivity index (χ4n) is 3.12. The van der Waals surface area contributed by atoms with Gasteiger partial charge in [0.2, 0.25) is 0 Å². The van der Waals surface area contributed by atoms with E-state index in [2.05, 4.69) is 5.16 Å². The summed E-state index contributed by atoms with van der Waals surface area (Å²) in [6.07, 6.45) is 2.50. The maximum Gasteiger partial charge on any atom is 0.276 e. The lowest BCUT2D eigenvalue weighted by atomic mass is 9.99. The minimum Gasteiger partial charge on any atom is -0.355 e. The molecular weight excluding hydrogens is 367 g/mol. The third-order valence-corrected chi connectivity index (χ3v) is 4.89. The third-order valence-electron chi connectivity index (χ3n) is 4.56. The average molecular weight is 383 g/mol. The van der Waals surface area contributed by atoms with Gasteiger partial charge >= 0.3 is 0 Å². The Morgan fingerprint density at radius 2 is 1.96 bits per heavy atom. The molecule has 2 heterocycles. The minimum absolute atomic E-state index is 0.193. The number of rotatable bonds is 3. The number of carbonyl (C=O) groups is 1. The number of hydrogen-bond acceptors (Lipinski definition) is 3. The van der Waals surface area contributed by atoms with Crippen LogP contribution in [0.1, 0.15) is 22.5 Å². The molecule has 1 aromatic heterocycles. The molecular formula is C21H16ClFN2O2. The first-order valence-corrected chi connectivity index (χ1v) is 8.95. The second kappa shape index (κ2) is 7.37. The second-order valence-corrected chi connectivity index (χ2v) is 6.70. The standard InChI is InChI=1S/C21H16ClFN2O2/c22-18-7-6-16(23)12-17(18)14-8-10-25(11-9-14)21(26)19-13-20(27-24-19)15-4-2-1-3-5-15/h1-8,12-13H,9-11H2. The number of halogens is 2. The number of nitrogens with zero attached hydrogens (tertiary/aromatic N) is 2. The number of aromatic nitrogens is 1. The molecule has 0 saturated heterocycles. The van der Waals surface area contributed by atoms with Gasteiger partial charge in [0.25, 0.3) is 5.91 Å². The molecule has 0 radical (unpaired) electrons. The van der Waals surface area contributed by atoms with Gasteiger partial charge in [0.1, 0.15) is 5.82 Å². The zero-order valence-electron chi connectivity index (χ0n) is 14.4. The van der Waals surface area contributed by atoms with E-state index in [1.165, 1.54) is 12.1 Å². The minimum atomic E-state index is -0.329. The molecule has 3 aromatic rings. The van der Waals surface area contributed by atoms with Crippen molar-refractivity contribution < 1.29 is 13.7 Å². The van der Waals surface area contributed by atoms with Gasteiger partial charge in [-0.15, -0.1) is 0 Å². The maximum absolute atomic E-state index is 13.5. The van der Waals surface area contributed by atoms with Gasteiger partial charge < -0.3 is 9.42 Å². The van der Waals surface area contributed by atoms with Crippen LogP contribution in [0.2, 0.25) is 5.02 Å². The van der Waals surface area contributed by atoms with Crippen molar-refractivity contribution in [3.05, 3.63) is 82.8 Å². The van der Waals surface area contributed by atoms with Crippen molar-refractivity contribution in [2.75, 3.05) is 13.1 Å². The fraction of sp³-hybridized carbons (Fsp3) is 0.143. The molecule has 0 bridgehead atoms. The normalized spacial score (nSPS) is 14.1. The lowest BCUT2D eigenvalue weighted by Gasteiger charge is -2.26. The summed E-state index contributed by atoms with van der Waals surface area (Å²) in [5, 5.41) is 4.42. The molecule has 1 aliphatic heterocycles. The highest BCUT2D eigenvalue weighted by Gasteiger charge is 2.23. The van der Waals surface area contributed by atoms with E-state index < -0.39 is 0 Å². The third kappa shape index (κ3) is 3.64. The monoisotopic (exact) mass is 382 g/mol. The van der Waals surface area contributed by atoms with Crippen LogP contribution in [-0.2, 0) is 0 Å². The Balaban J connectivity index is 1.50. The highest BCUT2D eigenvalue weighted by atomic mass is 35.5. The first-order chi connectivity index (χ1) is 13.1. The summed E-state index contributed by atoms with van der Waals surface area (Å²) in [7, 11) is 0. The number of benzene rings is 2. The molecule has 4 nitrogen and oxygen atoms in total. The highest BCUT2D eigenvalue weighted by molar-refractivity contribution is 6.32. The van der Waals surface area contributed by atoms with Crippen molar-refractivity contribution in [3.63, 3.8) is 0 Å². The first-order valence-electron chi connectivity index (χ1n) is 8.58. The molecule has 0 aliphatic carbocycles. The summed E-state index contributed by atoms with van der Waals surface area (Å²) < 4.78 is 18.8. The van der Waals surface area contributed by atoms with Gasteiger partial charge in [0.05, 0.1) is 0 Å². The lowest BCUT2D eigenvalue weighted by molar-refractivity contribution is 0.0762. The molecule has 0 unspecified atom stereocenters. The fourth-order valence-corrected chi connectivity index (χ4v) is 3.36. The summed E-state index contributed by atoms with van der Waals surface area (Å²) in [6.45, 7) is 0.916. The molecule has 6 heteroatoms. The highest BCUT2D eigenvalue weighted by Crippen LogP contribution is 2.30. The molecule has 0 atom stereocenters. The number of hydrogen-bond donors (Lipinski definition) is 0. The molecule has 0 N–H and O–H groups in total. The van der Waals surface area contributed by atoms with Crippen LogP contribution in [0.5, 0.6) is 0 Å². The van der Waals surface area contributed by atoms with Crippen LogP contribution >= 0.6 is 11.6 Å². The van der Waals surface area contributed by atoms with E-state index in [9.17, 15) is 9.18 Å². The molecule has 136 valence electrons. The van der Waals surface area contributed by atoms with E-state index >= 15 is 0 Å². The van der Waals surface area contributed by atoms with Crippen molar-refractivity contribution in [1.82, 2.24) is 10.1 Å². The summed E-state index contributed by atoms with van der Waals surface area (Å²) in [5.74, 6) is 0.0325. The van der Waals surface area contributed by atoms with E-state index in [4.69, 9.17) is 16.1 Å². The SMILES string of the molecule is O=C(c1cc(-c2ccccc2)on1)N1CC=C(c2cc(F)ccc2Cl)CC1. The van der Waals surface area contributed by atoms with E-state index in [1.807, 2.05) is 36.4 Å². The van der Waals surface area contributed by atoms with Crippen LogP contribution in [0.15, 0.2) is 65.2 Å². The van der Waals surface area contributed by atoms with Crippen LogP contribution < -0.4 is 0 Å². The first kappa shape index (κ1) is 17.5. The smallest absolute Gasteiger partial charge is 0.276 e. The molecule has 2 aromatic carbocycles. The zero-order chi connectivity index (χ0) is 18.8. The predicted octanol–water partition coefficient (Wildman–Crippen LogP) is 5.06. The average Bonchev–Trinajstić information content (AvgIpc) is 3.20. The molecule has 1 aliphatic rings. The Bertz CT molecular complexity index is 1010. The molecule has 4 rings (SSSR count). The summed E-state index contributed by atoms with van der Waals surface area (Å²) in [5.41, 5.74) is 2.75. The summed E-state index contributed by atoms with van der Waals surface area (Å²) >= 11 is 6.17. The molecule has 0 saturated carbocycles. The lowest BCUT2D eigenvalue weighted by Crippen LogP contribution is -2.34. The van der Waals surface area contributed by atoms with E-state index in [1.54, 1.807) is 17.0 Å². The van der Waals surface area contributed by atoms with Crippen LogP contribution in [0, 0.1) is 5.82 Å². The van der Waals surface area contributed by atoms with Crippen molar-refractivity contribution in [1.29, 1.82) is 0 Å². The van der Waals surface area contributed by atoms with Gasteiger partial charge in [0, 0.05) is 29.7 Å². The summed E-state index contributed by atoms with van der Waals surface area (Å²) in [4.78, 5) is 14.4. The van der Waals surface area contributed by atoms with Gasteiger partial charge in [-0.2, -0.15) is 0 Å². The van der Waals surface area contributed by atoms with Crippen LogP contribution in [0.4, 0.5) is 4.39 Å². The Kier molecular flexibility index (Phi) is 4.77. The van der Waals surface area contributed by atoms with Gasteiger partial charge in [-0.1, -0.05) is 53.2 Å².